The van der Waals surface area contributed by atoms with Crippen LogP contribution >= 0.6 is 23.5 Å². The lowest BCUT2D eigenvalue weighted by Crippen LogP contribution is -2.05. The molecule has 3 aromatic carbocycles. The van der Waals surface area contributed by atoms with Gasteiger partial charge in [-0.05, 0) is 24.3 Å². The van der Waals surface area contributed by atoms with Gasteiger partial charge in [0.05, 0.1) is 4.91 Å². The molecule has 0 spiro atoms. The van der Waals surface area contributed by atoms with E-state index in [0.717, 1.165) is 14.7 Å². The van der Waals surface area contributed by atoms with Crippen molar-refractivity contribution in [3.8, 4) is 0 Å². The Morgan fingerprint density at radius 3 is 1.74 bits per heavy atom. The van der Waals surface area contributed by atoms with Gasteiger partial charge in [-0.3, -0.25) is 9.59 Å². The molecule has 0 bridgehead atoms. The molecule has 0 unspecified atom stereocenters. The summed E-state index contributed by atoms with van der Waals surface area (Å²) in [5.74, 6) is -0.0928. The smallest absolute Gasteiger partial charge is 0.201 e. The summed E-state index contributed by atoms with van der Waals surface area (Å²) in [4.78, 5) is 29.6. The molecule has 0 aromatic heterocycles. The van der Waals surface area contributed by atoms with Crippen LogP contribution in [0, 0.1) is 0 Å². The highest BCUT2D eigenvalue weighted by Gasteiger charge is 2.29. The third kappa shape index (κ3) is 3.92. The zero-order valence-corrected chi connectivity index (χ0v) is 16.1. The largest absolute Gasteiger partial charge is 0.294 e. The number of allylic oxidation sites excluding steroid dienone is 2. The van der Waals surface area contributed by atoms with Crippen molar-refractivity contribution in [2.24, 2.45) is 0 Å². The number of Topliss-reactive ketones (excluding diaryl/α,β-unsaturated/α-hetero) is 2. The molecule has 0 heterocycles. The van der Waals surface area contributed by atoms with Crippen molar-refractivity contribution in [3.63, 3.8) is 0 Å². The summed E-state index contributed by atoms with van der Waals surface area (Å²) in [5, 5.41) is 0. The molecule has 0 saturated heterocycles. The van der Waals surface area contributed by atoms with E-state index < -0.39 is 0 Å². The molecule has 3 aromatic rings. The van der Waals surface area contributed by atoms with Gasteiger partial charge in [-0.25, -0.2) is 0 Å². The molecule has 2 nitrogen and oxygen atoms in total. The number of benzene rings is 3. The number of hydrogen-bond acceptors (Lipinski definition) is 4. The number of thioether (sulfide) groups is 2. The summed E-state index contributed by atoms with van der Waals surface area (Å²) < 4.78 is 0. The van der Waals surface area contributed by atoms with Crippen LogP contribution in [0.4, 0.5) is 0 Å². The maximum Gasteiger partial charge on any atom is 0.201 e. The molecule has 0 N–H and O–H groups in total. The van der Waals surface area contributed by atoms with Gasteiger partial charge in [0.15, 0.2) is 5.78 Å². The lowest BCUT2D eigenvalue weighted by molar-refractivity contribution is 0.0985. The minimum absolute atomic E-state index is 0.0129. The third-order valence-electron chi connectivity index (χ3n) is 4.20. The second-order valence-electron chi connectivity index (χ2n) is 6.06. The Bertz CT molecular complexity index is 1020. The fourth-order valence-electron chi connectivity index (χ4n) is 2.92. The van der Waals surface area contributed by atoms with Crippen LogP contribution in [-0.2, 0) is 0 Å². The zero-order valence-electron chi connectivity index (χ0n) is 14.4. The SMILES string of the molecule is O=C1CC(Sc2ccccc2)=C(Sc2ccccc2)C(=O)c2ccccc21. The summed E-state index contributed by atoms with van der Waals surface area (Å²) in [6.45, 7) is 0. The first-order valence-corrected chi connectivity index (χ1v) is 10.2. The molecule has 0 amide bonds. The first-order chi connectivity index (χ1) is 13.2. The van der Waals surface area contributed by atoms with Crippen molar-refractivity contribution in [2.75, 3.05) is 0 Å². The normalized spacial score (nSPS) is 14.1. The van der Waals surface area contributed by atoms with Crippen LogP contribution in [0.5, 0.6) is 0 Å². The van der Waals surface area contributed by atoms with Crippen molar-refractivity contribution < 1.29 is 9.59 Å². The highest BCUT2D eigenvalue weighted by molar-refractivity contribution is 8.07. The molecule has 0 radical (unpaired) electrons. The Morgan fingerprint density at radius 1 is 0.593 bits per heavy atom. The van der Waals surface area contributed by atoms with Crippen molar-refractivity contribution >= 4 is 35.1 Å². The van der Waals surface area contributed by atoms with Gasteiger partial charge in [-0.2, -0.15) is 0 Å². The van der Waals surface area contributed by atoms with Crippen LogP contribution in [-0.4, -0.2) is 11.6 Å². The number of carbonyl (C=O) groups is 2. The number of ketones is 2. The molecular formula is C23H16O2S2. The standard InChI is InChI=1S/C23H16O2S2/c24-20-15-21(26-16-9-3-1-4-10-16)23(27-17-11-5-2-6-12-17)22(25)19-14-8-7-13-18(19)20/h1-14H,15H2. The van der Waals surface area contributed by atoms with Gasteiger partial charge in [-0.1, -0.05) is 84.2 Å². The second kappa shape index (κ2) is 7.99. The second-order valence-corrected chi connectivity index (χ2v) is 8.31. The van der Waals surface area contributed by atoms with Gasteiger partial charge in [0.2, 0.25) is 5.78 Å². The van der Waals surface area contributed by atoms with E-state index in [1.165, 1.54) is 23.5 Å². The number of hydrogen-bond donors (Lipinski definition) is 0. The fraction of sp³-hybridized carbons (Fsp3) is 0.0435. The lowest BCUT2D eigenvalue weighted by Gasteiger charge is -2.11. The molecule has 1 aliphatic carbocycles. The minimum Gasteiger partial charge on any atom is -0.294 e. The molecule has 0 atom stereocenters. The van der Waals surface area contributed by atoms with Crippen molar-refractivity contribution in [2.45, 2.75) is 16.2 Å². The molecule has 4 heteroatoms. The van der Waals surface area contributed by atoms with Gasteiger partial charge >= 0.3 is 0 Å². The molecule has 1 aliphatic rings. The topological polar surface area (TPSA) is 34.1 Å². The molecule has 132 valence electrons. The Morgan fingerprint density at radius 2 is 1.11 bits per heavy atom. The quantitative estimate of drug-likeness (QED) is 0.529. The summed E-state index contributed by atoms with van der Waals surface area (Å²) in [6, 6.07) is 26.8. The average molecular weight is 389 g/mol. The van der Waals surface area contributed by atoms with Crippen LogP contribution < -0.4 is 0 Å². The first-order valence-electron chi connectivity index (χ1n) is 8.58. The maximum atomic E-state index is 13.3. The van der Waals surface area contributed by atoms with Gasteiger partial charge < -0.3 is 0 Å². The van der Waals surface area contributed by atoms with E-state index in [2.05, 4.69) is 0 Å². The average Bonchev–Trinajstić information content (AvgIpc) is 2.81. The molecule has 0 saturated carbocycles. The molecule has 0 fully saturated rings. The Balaban J connectivity index is 1.81. The van der Waals surface area contributed by atoms with E-state index >= 15 is 0 Å². The number of carbonyl (C=O) groups excluding carboxylic acids is 2. The molecular weight excluding hydrogens is 372 g/mol. The minimum atomic E-state index is -0.0799. The van der Waals surface area contributed by atoms with Crippen LogP contribution in [0.25, 0.3) is 0 Å². The fourth-order valence-corrected chi connectivity index (χ4v) is 5.05. The van der Waals surface area contributed by atoms with Gasteiger partial charge in [-0.15, -0.1) is 0 Å². The summed E-state index contributed by atoms with van der Waals surface area (Å²) in [6.07, 6.45) is 0.234. The highest BCUT2D eigenvalue weighted by Crippen LogP contribution is 2.42. The Kier molecular flexibility index (Phi) is 5.28. The van der Waals surface area contributed by atoms with Crippen molar-refractivity contribution in [1.82, 2.24) is 0 Å². The third-order valence-corrected chi connectivity index (χ3v) is 6.58. The highest BCUT2D eigenvalue weighted by atomic mass is 32.2. The lowest BCUT2D eigenvalue weighted by atomic mass is 10.0. The Hall–Kier alpha value is -2.56. The predicted molar refractivity (Wildman–Crippen MR) is 111 cm³/mol. The molecule has 27 heavy (non-hydrogen) atoms. The maximum absolute atomic E-state index is 13.3. The van der Waals surface area contributed by atoms with Crippen LogP contribution in [0.15, 0.2) is 105 Å². The summed E-state index contributed by atoms with van der Waals surface area (Å²) >= 11 is 2.94. The van der Waals surface area contributed by atoms with Crippen LogP contribution in [0.1, 0.15) is 27.1 Å². The van der Waals surface area contributed by atoms with Gasteiger partial charge in [0, 0.05) is 32.2 Å². The number of fused-ring (bicyclic) bond motifs is 1. The van der Waals surface area contributed by atoms with E-state index in [1.54, 1.807) is 12.1 Å². The van der Waals surface area contributed by atoms with E-state index in [4.69, 9.17) is 0 Å². The molecule has 0 aliphatic heterocycles. The first kappa shape index (κ1) is 17.8. The monoisotopic (exact) mass is 388 g/mol. The van der Waals surface area contributed by atoms with E-state index in [1.807, 2.05) is 72.8 Å². The predicted octanol–water partition coefficient (Wildman–Crippen LogP) is 6.25. The van der Waals surface area contributed by atoms with Gasteiger partial charge in [0.25, 0.3) is 0 Å². The Labute approximate surface area is 166 Å². The zero-order chi connectivity index (χ0) is 18.6. The van der Waals surface area contributed by atoms with Crippen LogP contribution in [0.2, 0.25) is 0 Å². The van der Waals surface area contributed by atoms with Crippen LogP contribution in [0.3, 0.4) is 0 Å². The summed E-state index contributed by atoms with van der Waals surface area (Å²) in [7, 11) is 0. The summed E-state index contributed by atoms with van der Waals surface area (Å²) in [5.41, 5.74) is 1.00. The van der Waals surface area contributed by atoms with Crippen molar-refractivity contribution in [3.05, 3.63) is 106 Å². The van der Waals surface area contributed by atoms with Gasteiger partial charge in [0.1, 0.15) is 0 Å². The van der Waals surface area contributed by atoms with E-state index in [-0.39, 0.29) is 18.0 Å². The van der Waals surface area contributed by atoms with E-state index in [9.17, 15) is 9.59 Å². The molecule has 4 rings (SSSR count). The van der Waals surface area contributed by atoms with Crippen molar-refractivity contribution in [1.29, 1.82) is 0 Å². The number of rotatable bonds is 4. The van der Waals surface area contributed by atoms with E-state index in [0.29, 0.717) is 16.0 Å².